The molecule has 2 aromatic rings. The molecule has 1 atom stereocenters. The molecule has 3 amide bonds. The number of pyridine rings is 1. The Labute approximate surface area is 143 Å². The number of urea groups is 1. The number of aromatic nitrogens is 2. The molecule has 0 spiro atoms. The first-order chi connectivity index (χ1) is 11.5. The summed E-state index contributed by atoms with van der Waals surface area (Å²) in [6.45, 7) is 1.99. The number of hydrogen-bond donors (Lipinski definition) is 2. The third-order valence-corrected chi connectivity index (χ3v) is 5.20. The molecule has 0 saturated carbocycles. The van der Waals surface area contributed by atoms with Gasteiger partial charge in [-0.2, -0.15) is 0 Å². The Morgan fingerprint density at radius 3 is 2.88 bits per heavy atom. The maximum absolute atomic E-state index is 12.5. The Bertz CT molecular complexity index is 771. The van der Waals surface area contributed by atoms with Gasteiger partial charge in [-0.15, -0.1) is 11.3 Å². The summed E-state index contributed by atoms with van der Waals surface area (Å²) in [5.74, 6) is -0.597. The number of aryl methyl sites for hydroxylation is 2. The van der Waals surface area contributed by atoms with Gasteiger partial charge < -0.3 is 16.0 Å². The van der Waals surface area contributed by atoms with Crippen molar-refractivity contribution in [3.8, 4) is 0 Å². The molecule has 0 radical (unpaired) electrons. The van der Waals surface area contributed by atoms with Gasteiger partial charge in [0.1, 0.15) is 5.69 Å². The lowest BCUT2D eigenvalue weighted by molar-refractivity contribution is 0.0995. The summed E-state index contributed by atoms with van der Waals surface area (Å²) < 4.78 is 0. The normalized spacial score (nSPS) is 16.3. The van der Waals surface area contributed by atoms with Crippen molar-refractivity contribution in [2.75, 3.05) is 12.4 Å². The molecule has 1 aliphatic carbocycles. The fourth-order valence-corrected chi connectivity index (χ4v) is 4.01. The van der Waals surface area contributed by atoms with E-state index in [0.29, 0.717) is 5.69 Å². The maximum atomic E-state index is 12.5. The molecule has 1 aliphatic rings. The standard InChI is InChI=1S/C16H19N5O2S/c1-9-19-11-4-3-5-13(14(11)24-9)21(2)16(23)20-10-6-7-12(15(17)22)18-8-10/h6-8,13H,3-5H2,1-2H3,(H2,17,22)(H,20,23)/t13-/m1/s1. The van der Waals surface area contributed by atoms with Gasteiger partial charge in [0.25, 0.3) is 5.91 Å². The fraction of sp³-hybridized carbons (Fsp3) is 0.375. The number of nitrogens with two attached hydrogens (primary N) is 1. The summed E-state index contributed by atoms with van der Waals surface area (Å²) in [6, 6.07) is 2.93. The van der Waals surface area contributed by atoms with E-state index in [1.807, 2.05) is 6.92 Å². The van der Waals surface area contributed by atoms with Crippen molar-refractivity contribution < 1.29 is 9.59 Å². The van der Waals surface area contributed by atoms with Gasteiger partial charge >= 0.3 is 6.03 Å². The number of anilines is 1. The number of amides is 3. The third kappa shape index (κ3) is 3.23. The number of nitrogens with one attached hydrogen (secondary N) is 1. The minimum atomic E-state index is -0.597. The molecule has 7 nitrogen and oxygen atoms in total. The molecule has 2 aromatic heterocycles. The lowest BCUT2D eigenvalue weighted by Crippen LogP contribution is -2.36. The average molecular weight is 345 g/mol. The van der Waals surface area contributed by atoms with E-state index in [9.17, 15) is 9.59 Å². The van der Waals surface area contributed by atoms with Crippen LogP contribution in [-0.4, -0.2) is 33.9 Å². The minimum absolute atomic E-state index is 0.0396. The fourth-order valence-electron chi connectivity index (χ4n) is 2.86. The highest BCUT2D eigenvalue weighted by Crippen LogP contribution is 2.37. The van der Waals surface area contributed by atoms with Crippen LogP contribution in [0.4, 0.5) is 10.5 Å². The van der Waals surface area contributed by atoms with E-state index < -0.39 is 5.91 Å². The molecule has 0 saturated heterocycles. The molecule has 8 heteroatoms. The molecule has 0 fully saturated rings. The number of rotatable bonds is 3. The van der Waals surface area contributed by atoms with Crippen LogP contribution >= 0.6 is 11.3 Å². The van der Waals surface area contributed by atoms with Crippen molar-refractivity contribution in [1.29, 1.82) is 0 Å². The van der Waals surface area contributed by atoms with Crippen molar-refractivity contribution in [2.24, 2.45) is 5.73 Å². The number of carbonyl (C=O) groups excluding carboxylic acids is 2. The summed E-state index contributed by atoms with van der Waals surface area (Å²) in [5.41, 5.74) is 6.95. The van der Waals surface area contributed by atoms with Crippen LogP contribution < -0.4 is 11.1 Å². The van der Waals surface area contributed by atoms with Gasteiger partial charge in [-0.25, -0.2) is 14.8 Å². The van der Waals surface area contributed by atoms with Crippen LogP contribution in [-0.2, 0) is 6.42 Å². The summed E-state index contributed by atoms with van der Waals surface area (Å²) >= 11 is 1.66. The van der Waals surface area contributed by atoms with E-state index in [4.69, 9.17) is 5.73 Å². The first-order valence-electron chi connectivity index (χ1n) is 7.71. The Kier molecular flexibility index (Phi) is 4.48. The first-order valence-corrected chi connectivity index (χ1v) is 8.53. The Hall–Kier alpha value is -2.48. The van der Waals surface area contributed by atoms with Crippen LogP contribution in [0.25, 0.3) is 0 Å². The summed E-state index contributed by atoms with van der Waals surface area (Å²) in [4.78, 5) is 34.9. The highest BCUT2D eigenvalue weighted by molar-refractivity contribution is 7.11. The highest BCUT2D eigenvalue weighted by atomic mass is 32.1. The summed E-state index contributed by atoms with van der Waals surface area (Å²) in [6.07, 6.45) is 4.35. The second-order valence-corrected chi connectivity index (χ2v) is 7.02. The number of hydrogen-bond acceptors (Lipinski definition) is 5. The van der Waals surface area contributed by atoms with E-state index in [-0.39, 0.29) is 17.8 Å². The molecule has 3 N–H and O–H groups in total. The minimum Gasteiger partial charge on any atom is -0.364 e. The molecule has 126 valence electrons. The molecule has 24 heavy (non-hydrogen) atoms. The zero-order valence-corrected chi connectivity index (χ0v) is 14.4. The van der Waals surface area contributed by atoms with Crippen LogP contribution in [0.15, 0.2) is 18.3 Å². The van der Waals surface area contributed by atoms with Crippen molar-refractivity contribution in [3.63, 3.8) is 0 Å². The topological polar surface area (TPSA) is 101 Å². The monoisotopic (exact) mass is 345 g/mol. The SMILES string of the molecule is Cc1nc2c(s1)[C@H](N(C)C(=O)Nc1ccc(C(N)=O)nc1)CCC2. The summed E-state index contributed by atoms with van der Waals surface area (Å²) in [5, 5.41) is 3.83. The first kappa shape index (κ1) is 16.4. The van der Waals surface area contributed by atoms with E-state index >= 15 is 0 Å². The molecule has 0 unspecified atom stereocenters. The van der Waals surface area contributed by atoms with E-state index in [1.54, 1.807) is 29.4 Å². The van der Waals surface area contributed by atoms with Gasteiger partial charge in [0.15, 0.2) is 0 Å². The quantitative estimate of drug-likeness (QED) is 0.892. The highest BCUT2D eigenvalue weighted by Gasteiger charge is 2.29. The number of thiazole rings is 1. The van der Waals surface area contributed by atoms with Crippen molar-refractivity contribution in [2.45, 2.75) is 32.2 Å². The van der Waals surface area contributed by atoms with Crippen molar-refractivity contribution >= 4 is 29.0 Å². The molecular formula is C16H19N5O2S. The zero-order valence-electron chi connectivity index (χ0n) is 13.6. The average Bonchev–Trinajstić information content (AvgIpc) is 2.94. The van der Waals surface area contributed by atoms with Gasteiger partial charge in [0.2, 0.25) is 0 Å². The van der Waals surface area contributed by atoms with Gasteiger partial charge in [-0.05, 0) is 38.3 Å². The lowest BCUT2D eigenvalue weighted by atomic mass is 9.97. The predicted molar refractivity (Wildman–Crippen MR) is 92.1 cm³/mol. The second-order valence-electron chi connectivity index (χ2n) is 5.79. The second kappa shape index (κ2) is 6.56. The van der Waals surface area contributed by atoms with Crippen LogP contribution in [0.5, 0.6) is 0 Å². The molecule has 0 aliphatic heterocycles. The van der Waals surface area contributed by atoms with Crippen molar-refractivity contribution in [1.82, 2.24) is 14.9 Å². The number of carbonyl (C=O) groups is 2. The Balaban J connectivity index is 1.72. The van der Waals surface area contributed by atoms with Gasteiger partial charge in [-0.3, -0.25) is 4.79 Å². The van der Waals surface area contributed by atoms with Gasteiger partial charge in [-0.1, -0.05) is 0 Å². The molecular weight excluding hydrogens is 326 g/mol. The van der Waals surface area contributed by atoms with Crippen LogP contribution in [0.1, 0.15) is 45.0 Å². The Morgan fingerprint density at radius 1 is 1.42 bits per heavy atom. The van der Waals surface area contributed by atoms with E-state index in [2.05, 4.69) is 15.3 Å². The maximum Gasteiger partial charge on any atom is 0.322 e. The molecule has 2 heterocycles. The Morgan fingerprint density at radius 2 is 2.21 bits per heavy atom. The van der Waals surface area contributed by atoms with E-state index in [1.165, 1.54) is 17.1 Å². The summed E-state index contributed by atoms with van der Waals surface area (Å²) in [7, 11) is 1.79. The number of fused-ring (bicyclic) bond motifs is 1. The van der Waals surface area contributed by atoms with Crippen LogP contribution in [0, 0.1) is 6.92 Å². The number of primary amides is 1. The van der Waals surface area contributed by atoms with Gasteiger partial charge in [0, 0.05) is 7.05 Å². The predicted octanol–water partition coefficient (Wildman–Crippen LogP) is 2.49. The van der Waals surface area contributed by atoms with Crippen molar-refractivity contribution in [3.05, 3.63) is 39.6 Å². The lowest BCUT2D eigenvalue weighted by Gasteiger charge is -2.30. The van der Waals surface area contributed by atoms with Crippen LogP contribution in [0.2, 0.25) is 0 Å². The largest absolute Gasteiger partial charge is 0.364 e. The molecule has 0 bridgehead atoms. The smallest absolute Gasteiger partial charge is 0.322 e. The number of nitrogens with zero attached hydrogens (tertiary/aromatic N) is 3. The molecule has 0 aromatic carbocycles. The van der Waals surface area contributed by atoms with Gasteiger partial charge in [0.05, 0.1) is 33.5 Å². The van der Waals surface area contributed by atoms with E-state index in [0.717, 1.165) is 30.0 Å². The van der Waals surface area contributed by atoms with Crippen LogP contribution in [0.3, 0.4) is 0 Å². The molecule has 3 rings (SSSR count). The third-order valence-electron chi connectivity index (χ3n) is 4.08. The zero-order chi connectivity index (χ0) is 17.3.